The molecule has 0 aromatic heterocycles. The summed E-state index contributed by atoms with van der Waals surface area (Å²) in [6.45, 7) is 2.30. The van der Waals surface area contributed by atoms with E-state index in [9.17, 15) is 0 Å². The molecule has 0 rings (SSSR count). The van der Waals surface area contributed by atoms with Gasteiger partial charge in [0, 0.05) is 0 Å². The van der Waals surface area contributed by atoms with Crippen molar-refractivity contribution < 1.29 is 0 Å². The van der Waals surface area contributed by atoms with Crippen molar-refractivity contribution in [2.75, 3.05) is 0 Å². The van der Waals surface area contributed by atoms with E-state index in [-0.39, 0.29) is 0 Å². The molecule has 0 saturated heterocycles. The molecule has 0 aliphatic rings. The quantitative estimate of drug-likeness (QED) is 0.126. The van der Waals surface area contributed by atoms with Crippen molar-refractivity contribution in [3.05, 3.63) is 0 Å². The van der Waals surface area contributed by atoms with Gasteiger partial charge >= 0.3 is 93.4 Å². The first-order chi connectivity index (χ1) is 12.9. The number of rotatable bonds is 23. The molecule has 152 valence electrons. The zero-order valence-electron chi connectivity index (χ0n) is 19.0. The van der Waals surface area contributed by atoms with E-state index < -0.39 is 0 Å². The van der Waals surface area contributed by atoms with E-state index in [1.807, 2.05) is 0 Å². The second kappa shape index (κ2) is 25.6. The Balaban J connectivity index is 2.95. The van der Waals surface area contributed by atoms with Crippen LogP contribution in [-0.4, -0.2) is 17.7 Å². The first-order valence-electron chi connectivity index (χ1n) is 12.9. The van der Waals surface area contributed by atoms with E-state index in [1.54, 1.807) is 0 Å². The predicted molar refractivity (Wildman–Crippen MR) is 122 cm³/mol. The number of hydrogen-bond acceptors (Lipinski definition) is 0. The van der Waals surface area contributed by atoms with Crippen molar-refractivity contribution in [1.82, 2.24) is 0 Å². The third kappa shape index (κ3) is 24.6. The van der Waals surface area contributed by atoms with Crippen LogP contribution in [0.2, 0.25) is 5.09 Å². The molecular weight excluding hydrogens is 307 g/mol. The SMILES string of the molecule is [Li][CH2]CCCCCCCCCCCCCCCCCCCCCCCC. The Morgan fingerprint density at radius 2 is 0.500 bits per heavy atom. The molecule has 0 aliphatic heterocycles. The maximum atomic E-state index is 2.30. The smallest absolute Gasteiger partial charge is 0.0654 e. The summed E-state index contributed by atoms with van der Waals surface area (Å²) >= 11 is 2.30. The Hall–Kier alpha value is 0.597. The average Bonchev–Trinajstić information content (AvgIpc) is 2.66. The van der Waals surface area contributed by atoms with E-state index in [4.69, 9.17) is 0 Å². The number of unbranched alkanes of at least 4 members (excludes halogenated alkanes) is 22. The minimum absolute atomic E-state index is 1.37. The fraction of sp³-hybridized carbons (Fsp3) is 1.00. The predicted octanol–water partition coefficient (Wildman–Crippen LogP) is 9.57. The summed E-state index contributed by atoms with van der Waals surface area (Å²) in [7, 11) is 0. The second-order valence-electron chi connectivity index (χ2n) is 8.78. The van der Waals surface area contributed by atoms with Crippen LogP contribution < -0.4 is 0 Å². The van der Waals surface area contributed by atoms with Crippen molar-refractivity contribution in [1.29, 1.82) is 0 Å². The van der Waals surface area contributed by atoms with E-state index in [2.05, 4.69) is 24.6 Å². The molecule has 0 aliphatic carbocycles. The van der Waals surface area contributed by atoms with Gasteiger partial charge in [-0.1, -0.05) is 84.0 Å². The standard InChI is InChI=1S/C25H51.Li/c1-3-5-7-9-11-13-15-17-19-21-23-25-24-22-20-18-16-14-12-10-8-6-4-2;/h1,3-25H2,2H3;. The minimum Gasteiger partial charge on any atom is -0.0654 e. The van der Waals surface area contributed by atoms with Crippen LogP contribution >= 0.6 is 0 Å². The van der Waals surface area contributed by atoms with Gasteiger partial charge in [-0.2, -0.15) is 0 Å². The summed E-state index contributed by atoms with van der Waals surface area (Å²) in [5.74, 6) is 0. The molecule has 0 N–H and O–H groups in total. The van der Waals surface area contributed by atoms with E-state index in [0.717, 1.165) is 0 Å². The summed E-state index contributed by atoms with van der Waals surface area (Å²) in [5.41, 5.74) is 0. The molecule has 0 aromatic carbocycles. The van der Waals surface area contributed by atoms with Crippen LogP contribution in [0.4, 0.5) is 0 Å². The average molecular weight is 359 g/mol. The van der Waals surface area contributed by atoms with Crippen LogP contribution in [0.25, 0.3) is 0 Å². The van der Waals surface area contributed by atoms with E-state index >= 15 is 0 Å². The van der Waals surface area contributed by atoms with Crippen molar-refractivity contribution >= 4 is 17.7 Å². The third-order valence-electron chi connectivity index (χ3n) is 5.96. The van der Waals surface area contributed by atoms with Gasteiger partial charge in [-0.05, 0) is 0 Å². The zero-order valence-corrected chi connectivity index (χ0v) is 19.0. The van der Waals surface area contributed by atoms with E-state index in [0.29, 0.717) is 0 Å². The van der Waals surface area contributed by atoms with Gasteiger partial charge in [-0.15, -0.1) is 0 Å². The zero-order chi connectivity index (χ0) is 19.0. The Morgan fingerprint density at radius 1 is 0.308 bits per heavy atom. The van der Waals surface area contributed by atoms with Crippen molar-refractivity contribution in [2.24, 2.45) is 0 Å². The minimum atomic E-state index is 1.37. The van der Waals surface area contributed by atoms with Crippen LogP contribution in [0.1, 0.15) is 155 Å². The molecule has 0 bridgehead atoms. The van der Waals surface area contributed by atoms with Crippen molar-refractivity contribution in [3.8, 4) is 0 Å². The molecule has 1 heteroatoms. The molecule has 0 heterocycles. The molecule has 0 spiro atoms. The van der Waals surface area contributed by atoms with Gasteiger partial charge < -0.3 is 0 Å². The molecule has 0 radical (unpaired) electrons. The third-order valence-corrected chi connectivity index (χ3v) is 5.96. The first-order valence-corrected chi connectivity index (χ1v) is 12.9. The van der Waals surface area contributed by atoms with Crippen LogP contribution in [0.5, 0.6) is 0 Å². The molecule has 0 nitrogen and oxygen atoms in total. The van der Waals surface area contributed by atoms with Gasteiger partial charge in [0.05, 0.1) is 0 Å². The van der Waals surface area contributed by atoms with Gasteiger partial charge in [0.2, 0.25) is 0 Å². The van der Waals surface area contributed by atoms with Crippen molar-refractivity contribution in [2.45, 2.75) is 160 Å². The van der Waals surface area contributed by atoms with Gasteiger partial charge in [-0.25, -0.2) is 0 Å². The summed E-state index contributed by atoms with van der Waals surface area (Å²) in [5, 5.41) is 1.37. The van der Waals surface area contributed by atoms with Gasteiger partial charge in [0.15, 0.2) is 0 Å². The van der Waals surface area contributed by atoms with Gasteiger partial charge in [-0.3, -0.25) is 0 Å². The van der Waals surface area contributed by atoms with Crippen LogP contribution in [0.3, 0.4) is 0 Å². The maximum absolute atomic E-state index is 2.30. The Morgan fingerprint density at radius 3 is 0.692 bits per heavy atom. The summed E-state index contributed by atoms with van der Waals surface area (Å²) in [6.07, 6.45) is 34.0. The van der Waals surface area contributed by atoms with Gasteiger partial charge in [0.25, 0.3) is 0 Å². The Bertz CT molecular complexity index is 202. The van der Waals surface area contributed by atoms with Gasteiger partial charge in [0.1, 0.15) is 0 Å². The molecule has 0 unspecified atom stereocenters. The summed E-state index contributed by atoms with van der Waals surface area (Å²) < 4.78 is 0. The monoisotopic (exact) mass is 358 g/mol. The summed E-state index contributed by atoms with van der Waals surface area (Å²) in [6, 6.07) is 0. The Kier molecular flexibility index (Phi) is 26.2. The fourth-order valence-electron chi connectivity index (χ4n) is 4.04. The van der Waals surface area contributed by atoms with Crippen LogP contribution in [0, 0.1) is 0 Å². The topological polar surface area (TPSA) is 0 Å². The molecular formula is C25H51Li. The normalized spacial score (nSPS) is 11.3. The molecule has 0 amide bonds. The first kappa shape index (κ1) is 26.6. The van der Waals surface area contributed by atoms with Crippen molar-refractivity contribution in [3.63, 3.8) is 0 Å². The molecule has 0 fully saturated rings. The molecule has 0 aromatic rings. The number of hydrogen-bond donors (Lipinski definition) is 0. The molecule has 0 saturated carbocycles. The van der Waals surface area contributed by atoms with E-state index in [1.165, 1.54) is 153 Å². The molecule has 26 heavy (non-hydrogen) atoms. The Labute approximate surface area is 177 Å². The van der Waals surface area contributed by atoms with Crippen LogP contribution in [-0.2, 0) is 0 Å². The summed E-state index contributed by atoms with van der Waals surface area (Å²) in [4.78, 5) is 0. The second-order valence-corrected chi connectivity index (χ2v) is 8.78. The molecule has 0 atom stereocenters. The van der Waals surface area contributed by atoms with Crippen LogP contribution in [0.15, 0.2) is 0 Å². The fourth-order valence-corrected chi connectivity index (χ4v) is 4.04.